The zero-order chi connectivity index (χ0) is 19.4. The van der Waals surface area contributed by atoms with E-state index in [-0.39, 0.29) is 48.9 Å². The van der Waals surface area contributed by atoms with Gasteiger partial charge in [-0.3, -0.25) is 4.79 Å². The number of carbonyl (C=O) groups is 1. The molecule has 1 aromatic carbocycles. The Labute approximate surface area is 175 Å². The molecule has 4 aliphatic rings. The second kappa shape index (κ2) is 7.66. The van der Waals surface area contributed by atoms with E-state index in [1.54, 1.807) is 0 Å². The van der Waals surface area contributed by atoms with E-state index in [2.05, 4.69) is 32.9 Å². The van der Waals surface area contributed by atoms with Crippen molar-refractivity contribution in [2.75, 3.05) is 0 Å². The fourth-order valence-electron chi connectivity index (χ4n) is 6.11. The van der Waals surface area contributed by atoms with Crippen LogP contribution in [0.3, 0.4) is 0 Å². The van der Waals surface area contributed by atoms with Crippen LogP contribution in [0.2, 0.25) is 5.82 Å². The molecule has 0 spiro atoms. The molecule has 5 rings (SSSR count). The maximum absolute atomic E-state index is 12.2. The third-order valence-corrected chi connectivity index (χ3v) is 7.95. The van der Waals surface area contributed by atoms with Gasteiger partial charge in [-0.05, 0) is 55.4 Å². The third-order valence-electron chi connectivity index (χ3n) is 7.95. The highest BCUT2D eigenvalue weighted by molar-refractivity contribution is 6.48. The second-order valence-corrected chi connectivity index (χ2v) is 9.61. The Hall–Kier alpha value is -1.04. The van der Waals surface area contributed by atoms with Crippen LogP contribution < -0.4 is 5.73 Å². The predicted molar refractivity (Wildman–Crippen MR) is 114 cm³/mol. The zero-order valence-electron chi connectivity index (χ0n) is 17.4. The van der Waals surface area contributed by atoms with Crippen molar-refractivity contribution in [3.63, 3.8) is 0 Å². The largest absolute Gasteiger partial charge is 0.462 e. The van der Waals surface area contributed by atoms with Crippen molar-refractivity contribution in [3.8, 4) is 0 Å². The van der Waals surface area contributed by atoms with E-state index in [4.69, 9.17) is 15.0 Å². The molecular formula is C22H33BClNO3. The van der Waals surface area contributed by atoms with Gasteiger partial charge >= 0.3 is 7.12 Å². The van der Waals surface area contributed by atoms with Crippen LogP contribution in [-0.2, 0) is 20.5 Å². The van der Waals surface area contributed by atoms with E-state index in [0.717, 1.165) is 12.8 Å². The maximum atomic E-state index is 12.2. The lowest BCUT2D eigenvalue weighted by molar-refractivity contribution is -0.199. The highest BCUT2D eigenvalue weighted by Crippen LogP contribution is 2.66. The number of benzene rings is 1. The fourth-order valence-corrected chi connectivity index (χ4v) is 6.11. The number of rotatable bonds is 6. The number of primary amides is 1. The topological polar surface area (TPSA) is 61.6 Å². The first-order valence-corrected chi connectivity index (χ1v) is 10.4. The molecule has 1 saturated heterocycles. The Balaban J connectivity index is 0.00000225. The molecule has 2 N–H and O–H groups in total. The summed E-state index contributed by atoms with van der Waals surface area (Å²) in [6.45, 7) is 8.98. The first-order valence-electron chi connectivity index (χ1n) is 10.4. The zero-order valence-corrected chi connectivity index (χ0v) is 18.2. The van der Waals surface area contributed by atoms with Crippen LogP contribution >= 0.6 is 12.4 Å². The highest BCUT2D eigenvalue weighted by Gasteiger charge is 2.68. The first kappa shape index (κ1) is 21.7. The van der Waals surface area contributed by atoms with E-state index in [9.17, 15) is 4.79 Å². The summed E-state index contributed by atoms with van der Waals surface area (Å²) >= 11 is 0. The van der Waals surface area contributed by atoms with Gasteiger partial charge in [-0.25, -0.2) is 0 Å². The minimum absolute atomic E-state index is 0. The number of hydrogen-bond acceptors (Lipinski definition) is 3. The Bertz CT molecular complexity index is 715. The molecule has 0 radical (unpaired) electrons. The molecule has 3 aliphatic carbocycles. The SMILES string of the molecule is CCC(C(N)=O)[C@@H](Cc1ccccc1)B1O[C@@H]2C[C@@H]3C[C@@H](C3(C)C)[C@]2(C)O1.Cl. The summed E-state index contributed by atoms with van der Waals surface area (Å²) in [5.41, 5.74) is 7.03. The molecule has 1 unspecified atom stereocenters. The van der Waals surface area contributed by atoms with Crippen LogP contribution in [0.5, 0.6) is 0 Å². The van der Waals surface area contributed by atoms with E-state index in [1.807, 2.05) is 25.1 Å². The van der Waals surface area contributed by atoms with Gasteiger partial charge in [-0.15, -0.1) is 12.4 Å². The summed E-state index contributed by atoms with van der Waals surface area (Å²) in [6.07, 6.45) is 3.86. The molecule has 2 bridgehead atoms. The molecule has 0 aromatic heterocycles. The lowest BCUT2D eigenvalue weighted by Gasteiger charge is -2.64. The van der Waals surface area contributed by atoms with Gasteiger partial charge in [0.1, 0.15) is 0 Å². The van der Waals surface area contributed by atoms with Crippen LogP contribution in [0.25, 0.3) is 0 Å². The number of hydrogen-bond donors (Lipinski definition) is 1. The molecule has 1 aliphatic heterocycles. The summed E-state index contributed by atoms with van der Waals surface area (Å²) < 4.78 is 13.2. The molecule has 154 valence electrons. The lowest BCUT2D eigenvalue weighted by atomic mass is 9.43. The molecule has 1 heterocycles. The highest BCUT2D eigenvalue weighted by atomic mass is 35.5. The number of carbonyl (C=O) groups excluding carboxylic acids is 1. The Morgan fingerprint density at radius 1 is 1.25 bits per heavy atom. The summed E-state index contributed by atoms with van der Waals surface area (Å²) in [7, 11) is -0.368. The molecule has 1 amide bonds. The molecule has 4 nitrogen and oxygen atoms in total. The molecule has 6 heteroatoms. The monoisotopic (exact) mass is 405 g/mol. The maximum Gasteiger partial charge on any atom is 0.462 e. The van der Waals surface area contributed by atoms with Gasteiger partial charge in [0, 0.05) is 11.7 Å². The van der Waals surface area contributed by atoms with Gasteiger partial charge in [-0.2, -0.15) is 0 Å². The van der Waals surface area contributed by atoms with Gasteiger partial charge < -0.3 is 15.0 Å². The van der Waals surface area contributed by atoms with Crippen LogP contribution in [0, 0.1) is 23.2 Å². The quantitative estimate of drug-likeness (QED) is 0.719. The van der Waals surface area contributed by atoms with Gasteiger partial charge in [-0.1, -0.05) is 51.1 Å². The van der Waals surface area contributed by atoms with Gasteiger partial charge in [0.2, 0.25) is 5.91 Å². The lowest BCUT2D eigenvalue weighted by Crippen LogP contribution is -2.65. The Kier molecular flexibility index (Phi) is 5.93. The van der Waals surface area contributed by atoms with Gasteiger partial charge in [0.25, 0.3) is 0 Å². The standard InChI is InChI=1S/C22H32BNO3.ClH/c1-5-16(20(24)25)17(11-14-9-7-6-8-10-14)23-26-19-13-15-12-18(21(15,2)3)22(19,4)27-23;/h6-10,15-19H,5,11-13H2,1-4H3,(H2,24,25);1H/t15-,16?,17+,18-,19+,22-;/m0./s1. The first-order chi connectivity index (χ1) is 12.8. The van der Waals surface area contributed by atoms with E-state index in [1.165, 1.54) is 12.0 Å². The fraction of sp³-hybridized carbons (Fsp3) is 0.682. The molecule has 4 fully saturated rings. The van der Waals surface area contributed by atoms with Crippen molar-refractivity contribution in [3.05, 3.63) is 35.9 Å². The summed E-state index contributed by atoms with van der Waals surface area (Å²) in [6, 6.07) is 10.3. The summed E-state index contributed by atoms with van der Waals surface area (Å²) in [5.74, 6) is 0.674. The number of halogens is 1. The minimum Gasteiger partial charge on any atom is -0.405 e. The Morgan fingerprint density at radius 2 is 1.93 bits per heavy atom. The average molecular weight is 406 g/mol. The number of amides is 1. The van der Waals surface area contributed by atoms with Gasteiger partial charge in [0.05, 0.1) is 11.7 Å². The van der Waals surface area contributed by atoms with Crippen molar-refractivity contribution in [1.82, 2.24) is 0 Å². The summed E-state index contributed by atoms with van der Waals surface area (Å²) in [4.78, 5) is 12.2. The van der Waals surface area contributed by atoms with Crippen molar-refractivity contribution in [2.45, 2.75) is 70.9 Å². The van der Waals surface area contributed by atoms with Gasteiger partial charge in [0.15, 0.2) is 0 Å². The summed E-state index contributed by atoms with van der Waals surface area (Å²) in [5, 5.41) is 0. The minimum atomic E-state index is -0.368. The second-order valence-electron chi connectivity index (χ2n) is 9.61. The van der Waals surface area contributed by atoms with Crippen LogP contribution in [0.15, 0.2) is 30.3 Å². The third kappa shape index (κ3) is 3.30. The average Bonchev–Trinajstić information content (AvgIpc) is 2.98. The number of nitrogens with two attached hydrogens (primary N) is 1. The van der Waals surface area contributed by atoms with Crippen molar-refractivity contribution >= 4 is 25.4 Å². The van der Waals surface area contributed by atoms with Crippen LogP contribution in [0.1, 0.15) is 52.5 Å². The molecule has 3 saturated carbocycles. The predicted octanol–water partition coefficient (Wildman–Crippen LogP) is 4.26. The van der Waals surface area contributed by atoms with E-state index >= 15 is 0 Å². The van der Waals surface area contributed by atoms with E-state index < -0.39 is 0 Å². The smallest absolute Gasteiger partial charge is 0.405 e. The molecular weight excluding hydrogens is 373 g/mol. The van der Waals surface area contributed by atoms with Crippen LogP contribution in [-0.4, -0.2) is 24.7 Å². The molecule has 28 heavy (non-hydrogen) atoms. The normalized spacial score (nSPS) is 34.6. The van der Waals surface area contributed by atoms with Crippen LogP contribution in [0.4, 0.5) is 0 Å². The van der Waals surface area contributed by atoms with Crippen molar-refractivity contribution in [2.24, 2.45) is 28.9 Å². The molecule has 1 aromatic rings. The van der Waals surface area contributed by atoms with E-state index in [0.29, 0.717) is 23.7 Å². The molecule has 6 atom stereocenters. The van der Waals surface area contributed by atoms with Crippen molar-refractivity contribution in [1.29, 1.82) is 0 Å². The van der Waals surface area contributed by atoms with Crippen molar-refractivity contribution < 1.29 is 14.1 Å². The Morgan fingerprint density at radius 3 is 2.50 bits per heavy atom.